The van der Waals surface area contributed by atoms with Crippen molar-refractivity contribution >= 4 is 21.6 Å². The number of hydrogen-bond donors (Lipinski definition) is 1. The van der Waals surface area contributed by atoms with Crippen LogP contribution in [0.15, 0.2) is 53.4 Å². The molecular formula is C16H15FN2O3S. The molecule has 7 heteroatoms. The molecule has 1 unspecified atom stereocenters. The Labute approximate surface area is 133 Å². The molecule has 0 aromatic heterocycles. The average Bonchev–Trinajstić information content (AvgIpc) is 2.95. The summed E-state index contributed by atoms with van der Waals surface area (Å²) in [6, 6.07) is 13.1. The number of halogens is 1. The van der Waals surface area contributed by atoms with E-state index in [0.717, 1.165) is 15.4 Å². The molecule has 3 rings (SSSR count). The molecule has 2 aromatic carbocycles. The summed E-state index contributed by atoms with van der Waals surface area (Å²) in [6.45, 7) is 1.74. The normalized spacial score (nSPS) is 17.0. The number of benzene rings is 2. The Morgan fingerprint density at radius 2 is 1.83 bits per heavy atom. The zero-order chi connectivity index (χ0) is 16.6. The number of hydrogen-bond acceptors (Lipinski definition) is 3. The van der Waals surface area contributed by atoms with Gasteiger partial charge in [0.05, 0.1) is 23.0 Å². The van der Waals surface area contributed by atoms with Crippen LogP contribution in [0.5, 0.6) is 0 Å². The lowest BCUT2D eigenvalue weighted by Crippen LogP contribution is -2.33. The highest BCUT2D eigenvalue weighted by Gasteiger charge is 2.39. The Kier molecular flexibility index (Phi) is 3.81. The predicted octanol–water partition coefficient (Wildman–Crippen LogP) is 2.29. The fourth-order valence-electron chi connectivity index (χ4n) is 2.73. The minimum atomic E-state index is -3.81. The molecular weight excluding hydrogens is 319 g/mol. The van der Waals surface area contributed by atoms with Crippen LogP contribution in [0.3, 0.4) is 0 Å². The summed E-state index contributed by atoms with van der Waals surface area (Å²) in [6.07, 6.45) is 0. The van der Waals surface area contributed by atoms with Gasteiger partial charge in [-0.3, -0.25) is 9.10 Å². The zero-order valence-electron chi connectivity index (χ0n) is 12.4. The number of nitrogens with one attached hydrogen (secondary N) is 1. The van der Waals surface area contributed by atoms with Crippen LogP contribution in [0.4, 0.5) is 10.2 Å². The molecule has 120 valence electrons. The van der Waals surface area contributed by atoms with Crippen molar-refractivity contribution in [3.63, 3.8) is 0 Å². The first-order chi connectivity index (χ1) is 10.9. The van der Waals surface area contributed by atoms with Crippen LogP contribution in [0.25, 0.3) is 0 Å². The molecule has 1 aliphatic heterocycles. The summed E-state index contributed by atoms with van der Waals surface area (Å²) in [4.78, 5) is 11.9. The molecule has 5 nitrogen and oxygen atoms in total. The number of fused-ring (bicyclic) bond motifs is 1. The fraction of sp³-hybridized carbons (Fsp3) is 0.188. The maximum absolute atomic E-state index is 12.9. The van der Waals surface area contributed by atoms with Crippen LogP contribution in [-0.4, -0.2) is 20.9 Å². The van der Waals surface area contributed by atoms with E-state index < -0.39 is 21.8 Å². The maximum atomic E-state index is 12.9. The van der Waals surface area contributed by atoms with Crippen molar-refractivity contribution in [3.05, 3.63) is 59.7 Å². The van der Waals surface area contributed by atoms with Gasteiger partial charge in [0, 0.05) is 0 Å². The van der Waals surface area contributed by atoms with Crippen molar-refractivity contribution < 1.29 is 17.7 Å². The Morgan fingerprint density at radius 3 is 2.48 bits per heavy atom. The number of carbonyl (C=O) groups is 1. The van der Waals surface area contributed by atoms with Crippen molar-refractivity contribution in [1.29, 1.82) is 0 Å². The number of amides is 1. The van der Waals surface area contributed by atoms with Gasteiger partial charge in [-0.05, 0) is 30.7 Å². The SMILES string of the molecule is Cc1ccc(S(=O)(=O)N2CC(C(=O)NF)c3ccccc32)cc1. The van der Waals surface area contributed by atoms with E-state index in [-0.39, 0.29) is 11.4 Å². The third kappa shape index (κ3) is 2.57. The molecule has 0 bridgehead atoms. The summed E-state index contributed by atoms with van der Waals surface area (Å²) in [5, 5.41) is 0. The predicted molar refractivity (Wildman–Crippen MR) is 84.1 cm³/mol. The molecule has 1 aliphatic rings. The molecule has 1 atom stereocenters. The number of aryl methyl sites for hydroxylation is 1. The highest BCUT2D eigenvalue weighted by Crippen LogP contribution is 2.39. The largest absolute Gasteiger partial charge is 0.272 e. The van der Waals surface area contributed by atoms with Crippen LogP contribution in [0.1, 0.15) is 17.0 Å². The Hall–Kier alpha value is -2.41. The van der Waals surface area contributed by atoms with E-state index in [4.69, 9.17) is 0 Å². The molecule has 1 N–H and O–H groups in total. The van der Waals surface area contributed by atoms with Gasteiger partial charge in [0.25, 0.3) is 15.9 Å². The van der Waals surface area contributed by atoms with E-state index in [1.165, 1.54) is 12.1 Å². The van der Waals surface area contributed by atoms with E-state index in [0.29, 0.717) is 11.3 Å². The van der Waals surface area contributed by atoms with Gasteiger partial charge >= 0.3 is 0 Å². The van der Waals surface area contributed by atoms with Crippen molar-refractivity contribution in [2.75, 3.05) is 10.8 Å². The fourth-order valence-corrected chi connectivity index (χ4v) is 4.23. The Bertz CT molecular complexity index is 850. The van der Waals surface area contributed by atoms with Gasteiger partial charge in [0.15, 0.2) is 0 Å². The monoisotopic (exact) mass is 334 g/mol. The first-order valence-electron chi connectivity index (χ1n) is 7.04. The standard InChI is InChI=1S/C16H15FN2O3S/c1-11-6-8-12(9-7-11)23(21,22)19-10-14(16(20)18-17)13-4-2-3-5-15(13)19/h2-9,14H,10H2,1H3,(H,18,20). The summed E-state index contributed by atoms with van der Waals surface area (Å²) in [5.41, 5.74) is 2.95. The summed E-state index contributed by atoms with van der Waals surface area (Å²) >= 11 is 0. The van der Waals surface area contributed by atoms with Gasteiger partial charge < -0.3 is 0 Å². The molecule has 2 aromatic rings. The third-order valence-electron chi connectivity index (χ3n) is 3.95. The Balaban J connectivity index is 2.07. The number of sulfonamides is 1. The van der Waals surface area contributed by atoms with E-state index in [1.54, 1.807) is 36.4 Å². The van der Waals surface area contributed by atoms with Crippen molar-refractivity contribution in [2.24, 2.45) is 0 Å². The molecule has 23 heavy (non-hydrogen) atoms. The number of nitrogens with zero attached hydrogens (tertiary/aromatic N) is 1. The number of carbonyl (C=O) groups excluding carboxylic acids is 1. The van der Waals surface area contributed by atoms with Crippen molar-refractivity contribution in [3.8, 4) is 0 Å². The highest BCUT2D eigenvalue weighted by atomic mass is 32.2. The van der Waals surface area contributed by atoms with Crippen molar-refractivity contribution in [1.82, 2.24) is 5.54 Å². The van der Waals surface area contributed by atoms with E-state index in [9.17, 15) is 17.7 Å². The molecule has 0 saturated carbocycles. The molecule has 1 heterocycles. The topological polar surface area (TPSA) is 66.5 Å². The van der Waals surface area contributed by atoms with E-state index >= 15 is 0 Å². The summed E-state index contributed by atoms with van der Waals surface area (Å²) < 4.78 is 39.4. The first-order valence-corrected chi connectivity index (χ1v) is 8.48. The molecule has 0 spiro atoms. The number of anilines is 1. The second kappa shape index (κ2) is 5.66. The first kappa shape index (κ1) is 15.5. The van der Waals surface area contributed by atoms with Gasteiger partial charge in [-0.25, -0.2) is 8.42 Å². The van der Waals surface area contributed by atoms with Gasteiger partial charge in [0.2, 0.25) is 0 Å². The van der Waals surface area contributed by atoms with Crippen LogP contribution < -0.4 is 9.84 Å². The lowest BCUT2D eigenvalue weighted by atomic mass is 10.0. The Morgan fingerprint density at radius 1 is 1.17 bits per heavy atom. The average molecular weight is 334 g/mol. The minimum Gasteiger partial charge on any atom is -0.272 e. The van der Waals surface area contributed by atoms with Gasteiger partial charge in [-0.15, -0.1) is 4.48 Å². The lowest BCUT2D eigenvalue weighted by Gasteiger charge is -2.20. The van der Waals surface area contributed by atoms with Crippen molar-refractivity contribution in [2.45, 2.75) is 17.7 Å². The minimum absolute atomic E-state index is 0.120. The van der Waals surface area contributed by atoms with E-state index in [2.05, 4.69) is 0 Å². The van der Waals surface area contributed by atoms with Gasteiger partial charge in [-0.1, -0.05) is 35.9 Å². The molecule has 1 amide bonds. The molecule has 0 saturated heterocycles. The van der Waals surface area contributed by atoms with Crippen LogP contribution in [0.2, 0.25) is 0 Å². The molecule has 0 radical (unpaired) electrons. The second-order valence-electron chi connectivity index (χ2n) is 5.42. The maximum Gasteiger partial charge on any atom is 0.264 e. The van der Waals surface area contributed by atoms with Crippen LogP contribution in [0, 0.1) is 6.92 Å². The summed E-state index contributed by atoms with van der Waals surface area (Å²) in [7, 11) is -3.81. The lowest BCUT2D eigenvalue weighted by molar-refractivity contribution is -0.126. The third-order valence-corrected chi connectivity index (χ3v) is 5.74. The second-order valence-corrected chi connectivity index (χ2v) is 7.28. The van der Waals surface area contributed by atoms with Crippen LogP contribution in [-0.2, 0) is 14.8 Å². The highest BCUT2D eigenvalue weighted by molar-refractivity contribution is 7.92. The molecule has 0 fully saturated rings. The molecule has 0 aliphatic carbocycles. The summed E-state index contributed by atoms with van der Waals surface area (Å²) in [5.74, 6) is -1.71. The number of para-hydroxylation sites is 1. The smallest absolute Gasteiger partial charge is 0.264 e. The van der Waals surface area contributed by atoms with E-state index in [1.807, 2.05) is 6.92 Å². The van der Waals surface area contributed by atoms with Gasteiger partial charge in [0.1, 0.15) is 0 Å². The van der Waals surface area contributed by atoms with Crippen LogP contribution >= 0.6 is 0 Å². The van der Waals surface area contributed by atoms with Gasteiger partial charge in [-0.2, -0.15) is 5.54 Å². The number of rotatable bonds is 3. The quantitative estimate of drug-likeness (QED) is 0.876. The zero-order valence-corrected chi connectivity index (χ0v) is 13.2.